The first-order chi connectivity index (χ1) is 12.4. The number of hydrogen-bond acceptors (Lipinski definition) is 4. The van der Waals surface area contributed by atoms with E-state index in [1.165, 1.54) is 12.1 Å². The van der Waals surface area contributed by atoms with E-state index in [9.17, 15) is 13.2 Å². The van der Waals surface area contributed by atoms with Gasteiger partial charge in [-0.25, -0.2) is 8.42 Å². The maximum atomic E-state index is 12.8. The summed E-state index contributed by atoms with van der Waals surface area (Å²) < 4.78 is 27.9. The highest BCUT2D eigenvalue weighted by Gasteiger charge is 2.25. The zero-order valence-corrected chi connectivity index (χ0v) is 15.7. The van der Waals surface area contributed by atoms with Gasteiger partial charge in [0, 0.05) is 36.9 Å². The van der Waals surface area contributed by atoms with Crippen LogP contribution in [-0.4, -0.2) is 44.9 Å². The van der Waals surface area contributed by atoms with E-state index in [2.05, 4.69) is 10.0 Å². The molecular formula is C19H23N3O3S. The summed E-state index contributed by atoms with van der Waals surface area (Å²) in [5.41, 5.74) is 1.84. The lowest BCUT2D eigenvalue weighted by Gasteiger charge is -2.34. The van der Waals surface area contributed by atoms with Gasteiger partial charge in [-0.3, -0.25) is 9.52 Å². The van der Waals surface area contributed by atoms with E-state index in [-0.39, 0.29) is 16.8 Å². The minimum atomic E-state index is -3.76. The van der Waals surface area contributed by atoms with Crippen molar-refractivity contribution in [1.29, 1.82) is 0 Å². The molecule has 138 valence electrons. The molecule has 26 heavy (non-hydrogen) atoms. The number of amides is 1. The van der Waals surface area contributed by atoms with Gasteiger partial charge in [0.15, 0.2) is 0 Å². The van der Waals surface area contributed by atoms with Crippen LogP contribution in [-0.2, 0) is 10.0 Å². The highest BCUT2D eigenvalue weighted by atomic mass is 32.2. The van der Waals surface area contributed by atoms with Crippen molar-refractivity contribution in [2.24, 2.45) is 0 Å². The van der Waals surface area contributed by atoms with Gasteiger partial charge in [-0.05, 0) is 49.7 Å². The molecule has 1 aliphatic heterocycles. The van der Waals surface area contributed by atoms with Gasteiger partial charge >= 0.3 is 0 Å². The fraction of sp³-hybridized carbons (Fsp3) is 0.316. The molecule has 7 heteroatoms. The van der Waals surface area contributed by atoms with Crippen molar-refractivity contribution in [3.05, 3.63) is 59.7 Å². The van der Waals surface area contributed by atoms with Gasteiger partial charge in [-0.2, -0.15) is 0 Å². The lowest BCUT2D eigenvalue weighted by atomic mass is 10.1. The second-order valence-electron chi connectivity index (χ2n) is 6.55. The van der Waals surface area contributed by atoms with Gasteiger partial charge in [0.2, 0.25) is 0 Å². The minimum absolute atomic E-state index is 0.0712. The van der Waals surface area contributed by atoms with E-state index in [0.717, 1.165) is 18.7 Å². The van der Waals surface area contributed by atoms with Crippen LogP contribution in [0.15, 0.2) is 53.4 Å². The van der Waals surface area contributed by atoms with E-state index >= 15 is 0 Å². The van der Waals surface area contributed by atoms with Crippen molar-refractivity contribution >= 4 is 21.6 Å². The Morgan fingerprint density at radius 3 is 2.69 bits per heavy atom. The Bertz CT molecular complexity index is 912. The van der Waals surface area contributed by atoms with Crippen molar-refractivity contribution in [2.45, 2.75) is 24.8 Å². The largest absolute Gasteiger partial charge is 0.333 e. The van der Waals surface area contributed by atoms with Crippen LogP contribution in [0.3, 0.4) is 0 Å². The molecule has 1 heterocycles. The summed E-state index contributed by atoms with van der Waals surface area (Å²) in [4.78, 5) is 14.6. The summed E-state index contributed by atoms with van der Waals surface area (Å²) in [6.45, 7) is 5.95. The molecule has 1 amide bonds. The third kappa shape index (κ3) is 4.05. The van der Waals surface area contributed by atoms with Gasteiger partial charge < -0.3 is 10.2 Å². The van der Waals surface area contributed by atoms with Crippen molar-refractivity contribution in [3.63, 3.8) is 0 Å². The topological polar surface area (TPSA) is 78.5 Å². The maximum Gasteiger partial charge on any atom is 0.261 e. The number of hydrogen-bond donors (Lipinski definition) is 2. The molecular weight excluding hydrogens is 350 g/mol. The lowest BCUT2D eigenvalue weighted by Crippen LogP contribution is -2.52. The van der Waals surface area contributed by atoms with Crippen LogP contribution in [0.25, 0.3) is 0 Å². The van der Waals surface area contributed by atoms with Crippen molar-refractivity contribution < 1.29 is 13.2 Å². The summed E-state index contributed by atoms with van der Waals surface area (Å²) in [6, 6.07) is 13.4. The first kappa shape index (κ1) is 18.4. The molecule has 0 aliphatic carbocycles. The Kier molecular flexibility index (Phi) is 5.29. The molecule has 0 radical (unpaired) electrons. The van der Waals surface area contributed by atoms with Crippen LogP contribution in [0.2, 0.25) is 0 Å². The van der Waals surface area contributed by atoms with E-state index in [1.807, 2.05) is 19.9 Å². The zero-order chi connectivity index (χ0) is 18.7. The molecule has 0 saturated carbocycles. The predicted molar refractivity (Wildman–Crippen MR) is 102 cm³/mol. The molecule has 0 spiro atoms. The Labute approximate surface area is 154 Å². The van der Waals surface area contributed by atoms with Crippen molar-refractivity contribution in [1.82, 2.24) is 10.2 Å². The number of anilines is 1. The summed E-state index contributed by atoms with van der Waals surface area (Å²) in [6.07, 6.45) is 0. The molecule has 2 aromatic carbocycles. The average molecular weight is 373 g/mol. The first-order valence-electron chi connectivity index (χ1n) is 8.58. The van der Waals surface area contributed by atoms with Crippen LogP contribution >= 0.6 is 0 Å². The van der Waals surface area contributed by atoms with E-state index in [1.54, 1.807) is 35.2 Å². The van der Waals surface area contributed by atoms with Crippen LogP contribution in [0.4, 0.5) is 5.69 Å². The normalized spacial score (nSPS) is 17.8. The molecule has 1 atom stereocenters. The second kappa shape index (κ2) is 7.47. The number of piperazine rings is 1. The van der Waals surface area contributed by atoms with Gasteiger partial charge in [0.05, 0.1) is 4.90 Å². The standard InChI is InChI=1S/C19H23N3O3S/c1-14-5-3-7-17(11-14)21-26(24,25)18-8-4-6-16(12-18)19(23)22-10-9-20-13-15(22)2/h3-8,11-12,15,20-21H,9-10,13H2,1-2H3/t15-/m1/s1. The number of carbonyl (C=O) groups is 1. The number of nitrogens with one attached hydrogen (secondary N) is 2. The predicted octanol–water partition coefficient (Wildman–Crippen LogP) is 2.23. The third-order valence-electron chi connectivity index (χ3n) is 4.42. The highest BCUT2D eigenvalue weighted by Crippen LogP contribution is 2.19. The lowest BCUT2D eigenvalue weighted by molar-refractivity contribution is 0.0655. The van der Waals surface area contributed by atoms with Crippen LogP contribution in [0.5, 0.6) is 0 Å². The Hall–Kier alpha value is -2.38. The van der Waals surface area contributed by atoms with E-state index in [0.29, 0.717) is 17.8 Å². The molecule has 1 saturated heterocycles. The number of carbonyl (C=O) groups excluding carboxylic acids is 1. The molecule has 6 nitrogen and oxygen atoms in total. The number of sulfonamides is 1. The van der Waals surface area contributed by atoms with Crippen LogP contribution in [0.1, 0.15) is 22.8 Å². The number of rotatable bonds is 4. The summed E-state index contributed by atoms with van der Waals surface area (Å²) in [7, 11) is -3.76. The Morgan fingerprint density at radius 2 is 1.96 bits per heavy atom. The SMILES string of the molecule is Cc1cccc(NS(=O)(=O)c2cccc(C(=O)N3CCNC[C@H]3C)c2)c1. The third-order valence-corrected chi connectivity index (χ3v) is 5.80. The Morgan fingerprint density at radius 1 is 1.19 bits per heavy atom. The van der Waals surface area contributed by atoms with Crippen molar-refractivity contribution in [3.8, 4) is 0 Å². The summed E-state index contributed by atoms with van der Waals surface area (Å²) >= 11 is 0. The molecule has 2 aromatic rings. The van der Waals surface area contributed by atoms with Gasteiger partial charge in [-0.1, -0.05) is 18.2 Å². The smallest absolute Gasteiger partial charge is 0.261 e. The fourth-order valence-electron chi connectivity index (χ4n) is 3.03. The second-order valence-corrected chi connectivity index (χ2v) is 8.24. The molecule has 0 unspecified atom stereocenters. The number of aryl methyl sites for hydroxylation is 1. The average Bonchev–Trinajstić information content (AvgIpc) is 2.61. The molecule has 0 bridgehead atoms. The maximum absolute atomic E-state index is 12.8. The molecule has 3 rings (SSSR count). The molecule has 0 aromatic heterocycles. The molecule has 1 fully saturated rings. The summed E-state index contributed by atoms with van der Waals surface area (Å²) in [5.74, 6) is -0.147. The monoisotopic (exact) mass is 373 g/mol. The fourth-order valence-corrected chi connectivity index (χ4v) is 4.12. The highest BCUT2D eigenvalue weighted by molar-refractivity contribution is 7.92. The van der Waals surface area contributed by atoms with Crippen molar-refractivity contribution in [2.75, 3.05) is 24.4 Å². The zero-order valence-electron chi connectivity index (χ0n) is 14.9. The van der Waals surface area contributed by atoms with Gasteiger partial charge in [0.25, 0.3) is 15.9 Å². The minimum Gasteiger partial charge on any atom is -0.333 e. The summed E-state index contributed by atoms with van der Waals surface area (Å²) in [5, 5.41) is 3.24. The quantitative estimate of drug-likeness (QED) is 0.861. The molecule has 1 aliphatic rings. The Balaban J connectivity index is 1.85. The number of benzene rings is 2. The van der Waals surface area contributed by atoms with Crippen LogP contribution in [0, 0.1) is 6.92 Å². The van der Waals surface area contributed by atoms with Gasteiger partial charge in [0.1, 0.15) is 0 Å². The van der Waals surface area contributed by atoms with E-state index < -0.39 is 10.0 Å². The van der Waals surface area contributed by atoms with E-state index in [4.69, 9.17) is 0 Å². The van der Waals surface area contributed by atoms with Crippen LogP contribution < -0.4 is 10.0 Å². The first-order valence-corrected chi connectivity index (χ1v) is 10.1. The molecule has 2 N–H and O–H groups in total. The van der Waals surface area contributed by atoms with Gasteiger partial charge in [-0.15, -0.1) is 0 Å². The number of nitrogens with zero attached hydrogens (tertiary/aromatic N) is 1.